The molecule has 128 valence electrons. The Morgan fingerprint density at radius 3 is 2.92 bits per heavy atom. The number of urea groups is 1. The molecule has 3 rings (SSSR count). The van der Waals surface area contributed by atoms with E-state index in [9.17, 15) is 4.79 Å². The van der Waals surface area contributed by atoms with E-state index in [4.69, 9.17) is 4.74 Å². The van der Waals surface area contributed by atoms with Crippen LogP contribution in [0.25, 0.3) is 5.69 Å². The third kappa shape index (κ3) is 3.17. The van der Waals surface area contributed by atoms with Crippen molar-refractivity contribution in [3.8, 4) is 5.69 Å². The molecule has 1 aliphatic rings. The lowest BCUT2D eigenvalue weighted by molar-refractivity contribution is 0.164. The SMILES string of the molecule is CCC1c2cccn2-c2ccccc2CN1C(=O)NCCCOC. The predicted molar refractivity (Wildman–Crippen MR) is 94.2 cm³/mol. The second-order valence-electron chi connectivity index (χ2n) is 6.06. The first-order chi connectivity index (χ1) is 11.8. The number of ether oxygens (including phenoxy) is 1. The van der Waals surface area contributed by atoms with E-state index < -0.39 is 0 Å². The van der Waals surface area contributed by atoms with Crippen molar-refractivity contribution >= 4 is 6.03 Å². The lowest BCUT2D eigenvalue weighted by atomic mass is 10.1. The molecule has 1 aromatic carbocycles. The van der Waals surface area contributed by atoms with Crippen LogP contribution < -0.4 is 5.32 Å². The van der Waals surface area contributed by atoms with E-state index in [-0.39, 0.29) is 12.1 Å². The number of nitrogens with one attached hydrogen (secondary N) is 1. The third-order valence-electron chi connectivity index (χ3n) is 4.54. The number of hydrogen-bond acceptors (Lipinski definition) is 2. The quantitative estimate of drug-likeness (QED) is 0.855. The minimum atomic E-state index is -0.0117. The van der Waals surface area contributed by atoms with E-state index in [1.165, 1.54) is 0 Å². The van der Waals surface area contributed by atoms with Crippen LogP contribution in [0, 0.1) is 0 Å². The number of methoxy groups -OCH3 is 1. The third-order valence-corrected chi connectivity index (χ3v) is 4.54. The zero-order valence-electron chi connectivity index (χ0n) is 14.4. The molecule has 0 aliphatic carbocycles. The molecular formula is C19H25N3O2. The number of amides is 2. The van der Waals surface area contributed by atoms with Gasteiger partial charge in [0.05, 0.1) is 18.3 Å². The van der Waals surface area contributed by atoms with Gasteiger partial charge in [0.1, 0.15) is 0 Å². The smallest absolute Gasteiger partial charge is 0.318 e. The number of para-hydroxylation sites is 1. The molecule has 1 unspecified atom stereocenters. The van der Waals surface area contributed by atoms with Gasteiger partial charge in [0.2, 0.25) is 0 Å². The number of carbonyl (C=O) groups excluding carboxylic acids is 1. The van der Waals surface area contributed by atoms with Crippen molar-refractivity contribution in [1.82, 2.24) is 14.8 Å². The summed E-state index contributed by atoms with van der Waals surface area (Å²) >= 11 is 0. The number of rotatable bonds is 5. The second kappa shape index (κ2) is 7.53. The van der Waals surface area contributed by atoms with E-state index in [1.54, 1.807) is 7.11 Å². The fourth-order valence-electron chi connectivity index (χ4n) is 3.37. The van der Waals surface area contributed by atoms with E-state index in [2.05, 4.69) is 47.3 Å². The standard InChI is InChI=1S/C19H25N3O2/c1-3-16-18-10-6-12-21(18)17-9-5-4-8-15(17)14-22(16)19(23)20-11-7-13-24-2/h4-6,8-10,12,16H,3,7,11,13-14H2,1-2H3,(H,20,23). The highest BCUT2D eigenvalue weighted by Gasteiger charge is 2.30. The summed E-state index contributed by atoms with van der Waals surface area (Å²) in [5.74, 6) is 0. The van der Waals surface area contributed by atoms with Gasteiger partial charge in [-0.15, -0.1) is 0 Å². The molecule has 5 nitrogen and oxygen atoms in total. The Labute approximate surface area is 143 Å². The van der Waals surface area contributed by atoms with Gasteiger partial charge in [-0.1, -0.05) is 25.1 Å². The van der Waals surface area contributed by atoms with E-state index in [0.717, 1.165) is 29.8 Å². The maximum atomic E-state index is 12.8. The molecular weight excluding hydrogens is 302 g/mol. The van der Waals surface area contributed by atoms with Crippen LogP contribution in [-0.2, 0) is 11.3 Å². The molecule has 1 N–H and O–H groups in total. The Balaban J connectivity index is 1.89. The summed E-state index contributed by atoms with van der Waals surface area (Å²) in [4.78, 5) is 14.7. The summed E-state index contributed by atoms with van der Waals surface area (Å²) in [5.41, 5.74) is 3.48. The summed E-state index contributed by atoms with van der Waals surface area (Å²) in [5, 5.41) is 3.03. The van der Waals surface area contributed by atoms with Crippen molar-refractivity contribution < 1.29 is 9.53 Å². The average Bonchev–Trinajstić information content (AvgIpc) is 3.03. The minimum absolute atomic E-state index is 0.0117. The first kappa shape index (κ1) is 16.6. The number of carbonyl (C=O) groups is 1. The topological polar surface area (TPSA) is 46.5 Å². The van der Waals surface area contributed by atoms with Crippen LogP contribution in [0.15, 0.2) is 42.6 Å². The molecule has 0 radical (unpaired) electrons. The van der Waals surface area contributed by atoms with Crippen molar-refractivity contribution in [3.63, 3.8) is 0 Å². The van der Waals surface area contributed by atoms with Crippen LogP contribution in [0.2, 0.25) is 0 Å². The van der Waals surface area contributed by atoms with Gasteiger partial charge in [0, 0.05) is 32.2 Å². The first-order valence-corrected chi connectivity index (χ1v) is 8.55. The van der Waals surface area contributed by atoms with Crippen molar-refractivity contribution in [2.45, 2.75) is 32.4 Å². The molecule has 1 aliphatic heterocycles. The van der Waals surface area contributed by atoms with Gasteiger partial charge < -0.3 is 19.5 Å². The van der Waals surface area contributed by atoms with Crippen molar-refractivity contribution in [3.05, 3.63) is 53.9 Å². The van der Waals surface area contributed by atoms with Gasteiger partial charge in [-0.25, -0.2) is 4.79 Å². The molecule has 0 saturated carbocycles. The molecule has 0 saturated heterocycles. The van der Waals surface area contributed by atoms with E-state index >= 15 is 0 Å². The van der Waals surface area contributed by atoms with Crippen molar-refractivity contribution in [1.29, 1.82) is 0 Å². The van der Waals surface area contributed by atoms with Crippen LogP contribution >= 0.6 is 0 Å². The van der Waals surface area contributed by atoms with Gasteiger partial charge >= 0.3 is 6.03 Å². The normalized spacial score (nSPS) is 16.2. The maximum Gasteiger partial charge on any atom is 0.318 e. The Hall–Kier alpha value is -2.27. The van der Waals surface area contributed by atoms with Gasteiger partial charge in [-0.05, 0) is 36.6 Å². The summed E-state index contributed by atoms with van der Waals surface area (Å²) < 4.78 is 7.26. The van der Waals surface area contributed by atoms with Gasteiger partial charge in [-0.3, -0.25) is 0 Å². The summed E-state index contributed by atoms with van der Waals surface area (Å²) in [6.45, 7) is 4.03. The Kier molecular flexibility index (Phi) is 5.20. The molecule has 0 spiro atoms. The summed E-state index contributed by atoms with van der Waals surface area (Å²) in [7, 11) is 1.68. The molecule has 0 fully saturated rings. The zero-order chi connectivity index (χ0) is 16.9. The Bertz CT molecular complexity index is 695. The minimum Gasteiger partial charge on any atom is -0.385 e. The maximum absolute atomic E-state index is 12.8. The number of benzene rings is 1. The average molecular weight is 327 g/mol. The highest BCUT2D eigenvalue weighted by Crippen LogP contribution is 2.33. The number of fused-ring (bicyclic) bond motifs is 3. The monoisotopic (exact) mass is 327 g/mol. The number of hydrogen-bond donors (Lipinski definition) is 1. The molecule has 5 heteroatoms. The van der Waals surface area contributed by atoms with Gasteiger partial charge in [-0.2, -0.15) is 0 Å². The fourth-order valence-corrected chi connectivity index (χ4v) is 3.37. The molecule has 1 aromatic heterocycles. The largest absolute Gasteiger partial charge is 0.385 e. The lowest BCUT2D eigenvalue weighted by Gasteiger charge is -2.29. The van der Waals surface area contributed by atoms with Crippen molar-refractivity contribution in [2.24, 2.45) is 0 Å². The van der Waals surface area contributed by atoms with E-state index in [1.807, 2.05) is 17.0 Å². The Morgan fingerprint density at radius 1 is 1.29 bits per heavy atom. The molecule has 24 heavy (non-hydrogen) atoms. The van der Waals surface area contributed by atoms with E-state index in [0.29, 0.717) is 19.7 Å². The van der Waals surface area contributed by atoms with Crippen LogP contribution in [0.3, 0.4) is 0 Å². The Morgan fingerprint density at radius 2 is 2.12 bits per heavy atom. The predicted octanol–water partition coefficient (Wildman–Crippen LogP) is 3.49. The highest BCUT2D eigenvalue weighted by molar-refractivity contribution is 5.75. The van der Waals surface area contributed by atoms with Crippen LogP contribution in [0.5, 0.6) is 0 Å². The van der Waals surface area contributed by atoms with Crippen molar-refractivity contribution in [2.75, 3.05) is 20.3 Å². The zero-order valence-corrected chi connectivity index (χ0v) is 14.4. The fraction of sp³-hybridized carbons (Fsp3) is 0.421. The molecule has 0 bridgehead atoms. The number of aromatic nitrogens is 1. The van der Waals surface area contributed by atoms with Gasteiger partial charge in [0.15, 0.2) is 0 Å². The molecule has 2 aromatic rings. The lowest BCUT2D eigenvalue weighted by Crippen LogP contribution is -2.42. The molecule has 2 heterocycles. The van der Waals surface area contributed by atoms with Gasteiger partial charge in [0.25, 0.3) is 0 Å². The highest BCUT2D eigenvalue weighted by atomic mass is 16.5. The van der Waals surface area contributed by atoms with Crippen LogP contribution in [0.4, 0.5) is 4.79 Å². The van der Waals surface area contributed by atoms with Crippen LogP contribution in [-0.4, -0.2) is 35.8 Å². The summed E-state index contributed by atoms with van der Waals surface area (Å²) in [6, 6.07) is 12.5. The molecule has 1 atom stereocenters. The first-order valence-electron chi connectivity index (χ1n) is 8.55. The second-order valence-corrected chi connectivity index (χ2v) is 6.06. The summed E-state index contributed by atoms with van der Waals surface area (Å²) in [6.07, 6.45) is 3.78. The van der Waals surface area contributed by atoms with Crippen LogP contribution in [0.1, 0.15) is 37.1 Å². The molecule has 2 amide bonds. The number of nitrogens with zero attached hydrogens (tertiary/aromatic N) is 2.